The molecular weight excluding hydrogens is 472 g/mol. The lowest BCUT2D eigenvalue weighted by atomic mass is 10.1. The average Bonchev–Trinajstić information content (AvgIpc) is 3.31. The lowest BCUT2D eigenvalue weighted by Gasteiger charge is -2.21. The molecule has 1 aliphatic rings. The number of carbonyl (C=O) groups is 2. The number of fused-ring (bicyclic) bond motifs is 1. The molecule has 2 heterocycles. The number of nitrogens with one attached hydrogen (secondary N) is 3. The van der Waals surface area contributed by atoms with Gasteiger partial charge >= 0.3 is 0 Å². The molecule has 3 N–H and O–H groups in total. The number of rotatable bonds is 14. The number of hydrogen-bond acceptors (Lipinski definition) is 3. The number of allylic oxidation sites excluding steroid dienone is 3. The molecule has 0 saturated carbocycles. The van der Waals surface area contributed by atoms with E-state index in [0.717, 1.165) is 29.6 Å². The first-order valence-corrected chi connectivity index (χ1v) is 13.6. The predicted octanol–water partition coefficient (Wildman–Crippen LogP) is 6.82. The van der Waals surface area contributed by atoms with E-state index in [1.807, 2.05) is 6.08 Å². The largest absolute Gasteiger partial charge is 0.374 e. The van der Waals surface area contributed by atoms with Crippen LogP contribution in [0.15, 0.2) is 60.3 Å². The SMILES string of the molecule is CCCCCCCCCCCCN1C=CC(/C=C/C(=O)NNC(=O)c2cc3cc(Cl)ccc3[nH]2)=CC1. The summed E-state index contributed by atoms with van der Waals surface area (Å²) in [4.78, 5) is 29.7. The molecule has 2 aromatic rings. The molecule has 36 heavy (non-hydrogen) atoms. The second kappa shape index (κ2) is 15.2. The molecule has 1 aliphatic heterocycles. The maximum absolute atomic E-state index is 12.3. The number of unbranched alkanes of at least 4 members (excludes halogenated alkanes) is 9. The summed E-state index contributed by atoms with van der Waals surface area (Å²) in [6.45, 7) is 4.17. The van der Waals surface area contributed by atoms with E-state index in [0.29, 0.717) is 10.7 Å². The van der Waals surface area contributed by atoms with Crippen molar-refractivity contribution in [3.8, 4) is 0 Å². The minimum absolute atomic E-state index is 0.344. The Balaban J connectivity index is 1.27. The smallest absolute Gasteiger partial charge is 0.286 e. The van der Waals surface area contributed by atoms with Gasteiger partial charge < -0.3 is 9.88 Å². The summed E-state index contributed by atoms with van der Waals surface area (Å²) < 4.78 is 0. The van der Waals surface area contributed by atoms with E-state index in [1.54, 1.807) is 30.3 Å². The van der Waals surface area contributed by atoms with Crippen molar-refractivity contribution in [2.24, 2.45) is 0 Å². The Labute approximate surface area is 219 Å². The van der Waals surface area contributed by atoms with Gasteiger partial charge in [-0.05, 0) is 54.6 Å². The van der Waals surface area contributed by atoms with Crippen LogP contribution in [0.5, 0.6) is 0 Å². The fourth-order valence-electron chi connectivity index (χ4n) is 4.26. The second-order valence-electron chi connectivity index (χ2n) is 9.39. The van der Waals surface area contributed by atoms with Gasteiger partial charge in [0.15, 0.2) is 0 Å². The van der Waals surface area contributed by atoms with Crippen molar-refractivity contribution in [3.05, 3.63) is 71.1 Å². The van der Waals surface area contributed by atoms with Crippen LogP contribution in [-0.2, 0) is 4.79 Å². The Morgan fingerprint density at radius 2 is 1.72 bits per heavy atom. The number of benzene rings is 1. The highest BCUT2D eigenvalue weighted by Gasteiger charge is 2.10. The molecule has 0 saturated heterocycles. The van der Waals surface area contributed by atoms with Gasteiger partial charge in [0, 0.05) is 35.1 Å². The van der Waals surface area contributed by atoms with Crippen LogP contribution in [0.2, 0.25) is 5.02 Å². The number of carbonyl (C=O) groups excluding carboxylic acids is 2. The van der Waals surface area contributed by atoms with E-state index in [-0.39, 0.29) is 0 Å². The van der Waals surface area contributed by atoms with Crippen molar-refractivity contribution in [1.82, 2.24) is 20.7 Å². The number of aromatic nitrogens is 1. The molecule has 0 atom stereocenters. The van der Waals surface area contributed by atoms with Crippen LogP contribution < -0.4 is 10.9 Å². The number of nitrogens with zero attached hydrogens (tertiary/aromatic N) is 1. The minimum atomic E-state index is -0.427. The van der Waals surface area contributed by atoms with Gasteiger partial charge in [-0.1, -0.05) is 82.4 Å². The minimum Gasteiger partial charge on any atom is -0.374 e. The van der Waals surface area contributed by atoms with Gasteiger partial charge in [0.25, 0.3) is 11.8 Å². The highest BCUT2D eigenvalue weighted by Crippen LogP contribution is 2.20. The molecule has 6 nitrogen and oxygen atoms in total. The Bertz CT molecular complexity index is 1090. The summed E-state index contributed by atoms with van der Waals surface area (Å²) in [5, 5.41) is 1.43. The first kappa shape index (κ1) is 27.6. The summed E-state index contributed by atoms with van der Waals surface area (Å²) in [6, 6.07) is 7.02. The van der Waals surface area contributed by atoms with E-state index in [9.17, 15) is 9.59 Å². The third-order valence-electron chi connectivity index (χ3n) is 6.39. The molecule has 7 heteroatoms. The van der Waals surface area contributed by atoms with E-state index in [2.05, 4.69) is 39.9 Å². The molecule has 0 unspecified atom stereocenters. The van der Waals surface area contributed by atoms with Crippen LogP contribution in [0.4, 0.5) is 0 Å². The normalized spacial score (nSPS) is 13.4. The van der Waals surface area contributed by atoms with E-state index in [4.69, 9.17) is 11.6 Å². The summed E-state index contributed by atoms with van der Waals surface area (Å²) >= 11 is 5.98. The molecule has 0 bridgehead atoms. The number of hydrazine groups is 1. The van der Waals surface area contributed by atoms with Crippen molar-refractivity contribution in [1.29, 1.82) is 0 Å². The lowest BCUT2D eigenvalue weighted by molar-refractivity contribution is -0.117. The summed E-state index contributed by atoms with van der Waals surface area (Å²) in [6.07, 6.45) is 22.8. The van der Waals surface area contributed by atoms with Gasteiger partial charge in [0.2, 0.25) is 0 Å². The summed E-state index contributed by atoms with van der Waals surface area (Å²) in [7, 11) is 0. The molecule has 194 valence electrons. The molecule has 0 fully saturated rings. The Hall–Kier alpha value is -2.99. The van der Waals surface area contributed by atoms with Crippen molar-refractivity contribution in [3.63, 3.8) is 0 Å². The van der Waals surface area contributed by atoms with E-state index >= 15 is 0 Å². The molecule has 0 aliphatic carbocycles. The zero-order chi connectivity index (χ0) is 25.6. The number of hydrogen-bond donors (Lipinski definition) is 3. The number of aromatic amines is 1. The lowest BCUT2D eigenvalue weighted by Crippen LogP contribution is -2.40. The Morgan fingerprint density at radius 3 is 2.42 bits per heavy atom. The van der Waals surface area contributed by atoms with Crippen molar-refractivity contribution in [2.45, 2.75) is 71.1 Å². The molecule has 0 spiro atoms. The fourth-order valence-corrected chi connectivity index (χ4v) is 4.44. The van der Waals surface area contributed by atoms with Gasteiger partial charge in [0.1, 0.15) is 5.69 Å². The molecule has 1 aromatic heterocycles. The monoisotopic (exact) mass is 510 g/mol. The van der Waals surface area contributed by atoms with Crippen LogP contribution >= 0.6 is 11.6 Å². The average molecular weight is 511 g/mol. The van der Waals surface area contributed by atoms with Crippen LogP contribution in [0.3, 0.4) is 0 Å². The van der Waals surface area contributed by atoms with Gasteiger partial charge in [-0.3, -0.25) is 20.4 Å². The van der Waals surface area contributed by atoms with Gasteiger partial charge in [0.05, 0.1) is 0 Å². The number of amides is 2. The van der Waals surface area contributed by atoms with Crippen LogP contribution in [0, 0.1) is 0 Å². The van der Waals surface area contributed by atoms with Crippen LogP contribution in [0.25, 0.3) is 10.9 Å². The molecule has 2 amide bonds. The fraction of sp³-hybridized carbons (Fsp3) is 0.448. The van der Waals surface area contributed by atoms with Crippen LogP contribution in [-0.4, -0.2) is 34.8 Å². The van der Waals surface area contributed by atoms with Crippen molar-refractivity contribution < 1.29 is 9.59 Å². The number of H-pyrrole nitrogens is 1. The first-order chi connectivity index (χ1) is 17.5. The van der Waals surface area contributed by atoms with Crippen molar-refractivity contribution >= 4 is 34.3 Å². The highest BCUT2D eigenvalue weighted by atomic mass is 35.5. The summed E-state index contributed by atoms with van der Waals surface area (Å²) in [5.74, 6) is -0.826. The predicted molar refractivity (Wildman–Crippen MR) is 149 cm³/mol. The molecule has 1 aromatic carbocycles. The zero-order valence-electron chi connectivity index (χ0n) is 21.3. The Kier molecular flexibility index (Phi) is 11.6. The maximum atomic E-state index is 12.3. The topological polar surface area (TPSA) is 77.2 Å². The third-order valence-corrected chi connectivity index (χ3v) is 6.63. The van der Waals surface area contributed by atoms with Gasteiger partial charge in [-0.25, -0.2) is 0 Å². The zero-order valence-corrected chi connectivity index (χ0v) is 22.1. The second-order valence-corrected chi connectivity index (χ2v) is 9.82. The molecule has 3 rings (SSSR count). The van der Waals surface area contributed by atoms with Crippen LogP contribution in [0.1, 0.15) is 81.6 Å². The van der Waals surface area contributed by atoms with Gasteiger partial charge in [-0.15, -0.1) is 0 Å². The first-order valence-electron chi connectivity index (χ1n) is 13.2. The Morgan fingerprint density at radius 1 is 1.00 bits per heavy atom. The standard InChI is InChI=1S/C29H39ClN4O2/c1-2-3-4-5-6-7-8-9-10-11-18-34-19-16-23(17-20-34)12-15-28(35)32-33-29(36)27-22-24-21-25(30)13-14-26(24)31-27/h12-17,19,21-22,31H,2-11,18,20H2,1H3,(H,32,35)(H,33,36)/b15-12+. The van der Waals surface area contributed by atoms with Crippen molar-refractivity contribution in [2.75, 3.05) is 13.1 Å². The number of halogens is 1. The van der Waals surface area contributed by atoms with Gasteiger partial charge in [-0.2, -0.15) is 0 Å². The maximum Gasteiger partial charge on any atom is 0.286 e. The highest BCUT2D eigenvalue weighted by molar-refractivity contribution is 6.31. The molecular formula is C29H39ClN4O2. The van der Waals surface area contributed by atoms with E-state index < -0.39 is 11.8 Å². The summed E-state index contributed by atoms with van der Waals surface area (Å²) in [5.41, 5.74) is 6.95. The van der Waals surface area contributed by atoms with E-state index in [1.165, 1.54) is 70.3 Å². The quantitative estimate of drug-likeness (QED) is 0.148. The molecule has 0 radical (unpaired) electrons. The third kappa shape index (κ3) is 9.57.